The predicted octanol–water partition coefficient (Wildman–Crippen LogP) is 10.3. The summed E-state index contributed by atoms with van der Waals surface area (Å²) in [6, 6.07) is 50.5. The van der Waals surface area contributed by atoms with Crippen molar-refractivity contribution in [2.75, 3.05) is 4.90 Å². The number of hydrogen-bond acceptors (Lipinski definition) is 3. The minimum absolute atomic E-state index is 0.632. The van der Waals surface area contributed by atoms with Gasteiger partial charge in [0.1, 0.15) is 5.52 Å². The van der Waals surface area contributed by atoms with E-state index in [0.717, 1.165) is 61.1 Å². The summed E-state index contributed by atoms with van der Waals surface area (Å²) in [4.78, 5) is 10.6. The van der Waals surface area contributed by atoms with Crippen LogP contribution in [0.15, 0.2) is 150 Å². The highest BCUT2D eigenvalue weighted by Gasteiger charge is 2.16. The van der Waals surface area contributed by atoms with Crippen LogP contribution in [0, 0.1) is 0 Å². The molecule has 4 nitrogen and oxygen atoms in total. The fourth-order valence-corrected chi connectivity index (χ4v) is 5.64. The standard InChI is InChI=1S/C37H25N3O/c1-4-10-26(11-5-1)37-39-34-23-21-31-32-24-27(18-22-33(32)38-35(31)36(34)41-37)25-16-19-30(20-17-25)40(28-12-6-2-7-13-28)29-14-8-3-9-15-29/h1-24,38H. The lowest BCUT2D eigenvalue weighted by atomic mass is 10.0. The largest absolute Gasteiger partial charge is 0.434 e. The van der Waals surface area contributed by atoms with E-state index in [1.54, 1.807) is 0 Å². The zero-order valence-corrected chi connectivity index (χ0v) is 22.2. The fraction of sp³-hybridized carbons (Fsp3) is 0. The number of anilines is 3. The van der Waals surface area contributed by atoms with E-state index in [9.17, 15) is 0 Å². The van der Waals surface area contributed by atoms with Crippen molar-refractivity contribution >= 4 is 50.0 Å². The van der Waals surface area contributed by atoms with E-state index in [-0.39, 0.29) is 0 Å². The maximum atomic E-state index is 6.27. The molecule has 0 saturated carbocycles. The van der Waals surface area contributed by atoms with Crippen LogP contribution in [0.3, 0.4) is 0 Å². The smallest absolute Gasteiger partial charge is 0.227 e. The molecular formula is C37H25N3O. The Morgan fingerprint density at radius 3 is 1.80 bits per heavy atom. The quantitative estimate of drug-likeness (QED) is 0.242. The molecule has 41 heavy (non-hydrogen) atoms. The lowest BCUT2D eigenvalue weighted by Crippen LogP contribution is -2.09. The number of oxazole rings is 1. The second kappa shape index (κ2) is 9.54. The topological polar surface area (TPSA) is 45.1 Å². The summed E-state index contributed by atoms with van der Waals surface area (Å²) in [6.07, 6.45) is 0. The van der Waals surface area contributed by atoms with Gasteiger partial charge < -0.3 is 14.3 Å². The number of rotatable bonds is 5. The van der Waals surface area contributed by atoms with Crippen molar-refractivity contribution in [1.29, 1.82) is 0 Å². The van der Waals surface area contributed by atoms with Crippen molar-refractivity contribution < 1.29 is 4.42 Å². The van der Waals surface area contributed by atoms with Gasteiger partial charge in [0.25, 0.3) is 0 Å². The highest BCUT2D eigenvalue weighted by molar-refractivity contribution is 6.15. The number of aromatic amines is 1. The summed E-state index contributed by atoms with van der Waals surface area (Å²) >= 11 is 0. The predicted molar refractivity (Wildman–Crippen MR) is 169 cm³/mol. The molecule has 0 radical (unpaired) electrons. The van der Waals surface area contributed by atoms with Crippen LogP contribution in [-0.4, -0.2) is 9.97 Å². The SMILES string of the molecule is c1ccc(-c2nc3ccc4c5cc(-c6ccc(N(c7ccccc7)c7ccccc7)cc6)ccc5[nH]c4c3o2)cc1. The molecule has 6 aromatic carbocycles. The van der Waals surface area contributed by atoms with Crippen molar-refractivity contribution in [3.8, 4) is 22.6 Å². The molecule has 0 saturated heterocycles. The number of nitrogens with zero attached hydrogens (tertiary/aromatic N) is 2. The summed E-state index contributed by atoms with van der Waals surface area (Å²) in [5, 5.41) is 2.29. The monoisotopic (exact) mass is 527 g/mol. The molecule has 0 bridgehead atoms. The maximum absolute atomic E-state index is 6.27. The molecule has 0 aliphatic heterocycles. The van der Waals surface area contributed by atoms with E-state index < -0.39 is 0 Å². The Morgan fingerprint density at radius 2 is 1.12 bits per heavy atom. The second-order valence-corrected chi connectivity index (χ2v) is 10.2. The normalized spacial score (nSPS) is 11.4. The number of hydrogen-bond donors (Lipinski definition) is 1. The van der Waals surface area contributed by atoms with Crippen molar-refractivity contribution in [3.63, 3.8) is 0 Å². The van der Waals surface area contributed by atoms with Crippen molar-refractivity contribution in [1.82, 2.24) is 9.97 Å². The highest BCUT2D eigenvalue weighted by atomic mass is 16.3. The Bertz CT molecular complexity index is 2090. The molecule has 8 aromatic rings. The molecule has 0 aliphatic rings. The minimum atomic E-state index is 0.632. The van der Waals surface area contributed by atoms with Gasteiger partial charge >= 0.3 is 0 Å². The van der Waals surface area contributed by atoms with Gasteiger partial charge in [-0.25, -0.2) is 4.98 Å². The van der Waals surface area contributed by atoms with Gasteiger partial charge in [-0.3, -0.25) is 0 Å². The van der Waals surface area contributed by atoms with Gasteiger partial charge in [0, 0.05) is 38.9 Å². The van der Waals surface area contributed by atoms with E-state index in [0.29, 0.717) is 5.89 Å². The van der Waals surface area contributed by atoms with Crippen LogP contribution < -0.4 is 4.90 Å². The fourth-order valence-electron chi connectivity index (χ4n) is 5.64. The molecule has 4 heteroatoms. The summed E-state index contributed by atoms with van der Waals surface area (Å²) in [5.74, 6) is 0.632. The third-order valence-electron chi connectivity index (χ3n) is 7.64. The first-order chi connectivity index (χ1) is 20.3. The van der Waals surface area contributed by atoms with Crippen LogP contribution in [0.1, 0.15) is 0 Å². The molecular weight excluding hydrogens is 502 g/mol. The Labute approximate surface area is 237 Å². The number of H-pyrrole nitrogens is 1. The van der Waals surface area contributed by atoms with Crippen molar-refractivity contribution in [2.45, 2.75) is 0 Å². The van der Waals surface area contributed by atoms with E-state index in [1.807, 2.05) is 48.5 Å². The molecule has 0 spiro atoms. The molecule has 2 aromatic heterocycles. The Hall–Kier alpha value is -5.61. The van der Waals surface area contributed by atoms with Crippen LogP contribution in [0.25, 0.3) is 55.5 Å². The first kappa shape index (κ1) is 23.3. The van der Waals surface area contributed by atoms with Gasteiger partial charge in [-0.05, 0) is 83.9 Å². The van der Waals surface area contributed by atoms with Crippen LogP contribution in [0.2, 0.25) is 0 Å². The Balaban J connectivity index is 1.19. The highest BCUT2D eigenvalue weighted by Crippen LogP contribution is 2.38. The zero-order chi connectivity index (χ0) is 27.2. The average Bonchev–Trinajstić information content (AvgIpc) is 3.65. The zero-order valence-electron chi connectivity index (χ0n) is 22.2. The van der Waals surface area contributed by atoms with E-state index in [4.69, 9.17) is 9.40 Å². The first-order valence-electron chi connectivity index (χ1n) is 13.7. The first-order valence-corrected chi connectivity index (χ1v) is 13.7. The van der Waals surface area contributed by atoms with Gasteiger partial charge in [-0.1, -0.05) is 72.8 Å². The lowest BCUT2D eigenvalue weighted by Gasteiger charge is -2.25. The molecule has 0 amide bonds. The number of para-hydroxylation sites is 2. The molecule has 0 unspecified atom stereocenters. The number of nitrogens with one attached hydrogen (secondary N) is 1. The molecule has 1 N–H and O–H groups in total. The van der Waals surface area contributed by atoms with Gasteiger partial charge in [0.15, 0.2) is 5.58 Å². The molecule has 0 fully saturated rings. The van der Waals surface area contributed by atoms with Gasteiger partial charge in [-0.15, -0.1) is 0 Å². The van der Waals surface area contributed by atoms with Crippen LogP contribution in [-0.2, 0) is 0 Å². The number of fused-ring (bicyclic) bond motifs is 5. The summed E-state index contributed by atoms with van der Waals surface area (Å²) in [5.41, 5.74) is 10.3. The van der Waals surface area contributed by atoms with E-state index >= 15 is 0 Å². The average molecular weight is 528 g/mol. The summed E-state index contributed by atoms with van der Waals surface area (Å²) in [6.45, 7) is 0. The van der Waals surface area contributed by atoms with Gasteiger partial charge in [-0.2, -0.15) is 0 Å². The summed E-state index contributed by atoms with van der Waals surface area (Å²) in [7, 11) is 0. The van der Waals surface area contributed by atoms with Crippen LogP contribution >= 0.6 is 0 Å². The van der Waals surface area contributed by atoms with Crippen LogP contribution in [0.4, 0.5) is 17.1 Å². The van der Waals surface area contributed by atoms with Crippen LogP contribution in [0.5, 0.6) is 0 Å². The second-order valence-electron chi connectivity index (χ2n) is 10.2. The Morgan fingerprint density at radius 1 is 0.512 bits per heavy atom. The molecule has 194 valence electrons. The molecule has 0 atom stereocenters. The van der Waals surface area contributed by atoms with Crippen molar-refractivity contribution in [2.24, 2.45) is 0 Å². The van der Waals surface area contributed by atoms with E-state index in [2.05, 4.69) is 107 Å². The molecule has 2 heterocycles. The number of benzene rings is 6. The van der Waals surface area contributed by atoms with Crippen molar-refractivity contribution in [3.05, 3.63) is 146 Å². The third-order valence-corrected chi connectivity index (χ3v) is 7.64. The third kappa shape index (κ3) is 4.05. The molecule has 0 aliphatic carbocycles. The lowest BCUT2D eigenvalue weighted by molar-refractivity contribution is 0.622. The van der Waals surface area contributed by atoms with Gasteiger partial charge in [0.05, 0.1) is 5.52 Å². The molecule has 8 rings (SSSR count). The van der Waals surface area contributed by atoms with Gasteiger partial charge in [0.2, 0.25) is 5.89 Å². The summed E-state index contributed by atoms with van der Waals surface area (Å²) < 4.78 is 6.27. The Kier molecular flexibility index (Phi) is 5.42. The maximum Gasteiger partial charge on any atom is 0.227 e. The van der Waals surface area contributed by atoms with E-state index in [1.165, 1.54) is 5.56 Å². The number of aromatic nitrogens is 2. The minimum Gasteiger partial charge on any atom is -0.434 e.